The predicted octanol–water partition coefficient (Wildman–Crippen LogP) is 3.35. The molecule has 0 bridgehead atoms. The Hall–Kier alpha value is -0.380. The molecule has 3 nitrogen and oxygen atoms in total. The van der Waals surface area contributed by atoms with Gasteiger partial charge in [-0.3, -0.25) is 0 Å². The van der Waals surface area contributed by atoms with Gasteiger partial charge in [-0.25, -0.2) is 0 Å². The fraction of sp³-hybridized carbons (Fsp3) is 0.846. The van der Waals surface area contributed by atoms with E-state index in [1.165, 1.54) is 0 Å². The molecule has 0 N–H and O–H groups in total. The standard InChI is InChI=1S/C13H26O3/c1-6-10-12(5)11-13(14-7-2,15-8-3)16-9-4/h6,12H,1,7-11H2,2-5H3. The summed E-state index contributed by atoms with van der Waals surface area (Å²) in [7, 11) is 0. The molecule has 0 aliphatic rings. The zero-order chi connectivity index (χ0) is 12.4. The van der Waals surface area contributed by atoms with Crippen LogP contribution in [0.3, 0.4) is 0 Å². The minimum atomic E-state index is -0.874. The van der Waals surface area contributed by atoms with Crippen LogP contribution in [0, 0.1) is 5.92 Å². The van der Waals surface area contributed by atoms with E-state index in [0.717, 1.165) is 12.8 Å². The Morgan fingerprint density at radius 2 is 1.50 bits per heavy atom. The van der Waals surface area contributed by atoms with Gasteiger partial charge in [0.1, 0.15) is 0 Å². The van der Waals surface area contributed by atoms with Crippen molar-refractivity contribution in [3.63, 3.8) is 0 Å². The quantitative estimate of drug-likeness (QED) is 0.425. The van der Waals surface area contributed by atoms with Crippen molar-refractivity contribution < 1.29 is 14.2 Å². The monoisotopic (exact) mass is 230 g/mol. The molecule has 0 aromatic carbocycles. The summed E-state index contributed by atoms with van der Waals surface area (Å²) in [6.45, 7) is 13.5. The molecule has 1 unspecified atom stereocenters. The van der Waals surface area contributed by atoms with Crippen LogP contribution >= 0.6 is 0 Å². The normalized spacial score (nSPS) is 13.8. The highest BCUT2D eigenvalue weighted by Gasteiger charge is 2.34. The summed E-state index contributed by atoms with van der Waals surface area (Å²) in [5.41, 5.74) is 0. The third-order valence-corrected chi connectivity index (χ3v) is 2.26. The largest absolute Gasteiger partial charge is 0.328 e. The molecule has 0 radical (unpaired) electrons. The zero-order valence-corrected chi connectivity index (χ0v) is 11.1. The molecule has 0 fully saturated rings. The Morgan fingerprint density at radius 1 is 1.06 bits per heavy atom. The van der Waals surface area contributed by atoms with Crippen molar-refractivity contribution in [2.24, 2.45) is 5.92 Å². The van der Waals surface area contributed by atoms with Gasteiger partial charge in [0.15, 0.2) is 0 Å². The van der Waals surface area contributed by atoms with Crippen LogP contribution in [0.25, 0.3) is 0 Å². The van der Waals surface area contributed by atoms with Gasteiger partial charge in [0.25, 0.3) is 5.97 Å². The van der Waals surface area contributed by atoms with Crippen molar-refractivity contribution >= 4 is 0 Å². The summed E-state index contributed by atoms with van der Waals surface area (Å²) in [6.07, 6.45) is 3.59. The third-order valence-electron chi connectivity index (χ3n) is 2.26. The van der Waals surface area contributed by atoms with E-state index in [0.29, 0.717) is 25.7 Å². The first-order chi connectivity index (χ1) is 7.64. The number of ether oxygens (including phenoxy) is 3. The van der Waals surface area contributed by atoms with E-state index in [-0.39, 0.29) is 0 Å². The van der Waals surface area contributed by atoms with Gasteiger partial charge in [-0.2, -0.15) is 0 Å². The molecule has 3 heteroatoms. The molecule has 0 aromatic rings. The molecular weight excluding hydrogens is 204 g/mol. The van der Waals surface area contributed by atoms with E-state index in [9.17, 15) is 0 Å². The summed E-state index contributed by atoms with van der Waals surface area (Å²) < 4.78 is 16.9. The second-order valence-electron chi connectivity index (χ2n) is 3.82. The van der Waals surface area contributed by atoms with Crippen molar-refractivity contribution in [2.75, 3.05) is 19.8 Å². The van der Waals surface area contributed by atoms with E-state index >= 15 is 0 Å². The van der Waals surface area contributed by atoms with E-state index in [2.05, 4.69) is 13.5 Å². The first kappa shape index (κ1) is 15.6. The lowest BCUT2D eigenvalue weighted by Gasteiger charge is -2.34. The minimum absolute atomic E-state index is 0.433. The van der Waals surface area contributed by atoms with Crippen LogP contribution in [0.2, 0.25) is 0 Å². The van der Waals surface area contributed by atoms with Gasteiger partial charge in [0, 0.05) is 26.2 Å². The summed E-state index contributed by atoms with van der Waals surface area (Å²) in [5.74, 6) is -0.442. The Kier molecular flexibility index (Phi) is 8.53. The highest BCUT2D eigenvalue weighted by molar-refractivity contribution is 4.73. The number of rotatable bonds is 10. The number of allylic oxidation sites excluding steroid dienone is 1. The first-order valence-electron chi connectivity index (χ1n) is 6.16. The molecule has 0 rings (SSSR count). The maximum atomic E-state index is 5.65. The van der Waals surface area contributed by atoms with Crippen LogP contribution in [0.1, 0.15) is 40.5 Å². The Labute approximate surface area is 99.8 Å². The highest BCUT2D eigenvalue weighted by atomic mass is 16.9. The van der Waals surface area contributed by atoms with Crippen molar-refractivity contribution in [2.45, 2.75) is 46.5 Å². The van der Waals surface area contributed by atoms with Crippen LogP contribution in [0.15, 0.2) is 12.7 Å². The molecule has 1 atom stereocenters. The fourth-order valence-corrected chi connectivity index (χ4v) is 1.76. The second-order valence-corrected chi connectivity index (χ2v) is 3.82. The lowest BCUT2D eigenvalue weighted by atomic mass is 10.0. The third kappa shape index (κ3) is 5.64. The molecule has 16 heavy (non-hydrogen) atoms. The molecule has 0 saturated heterocycles. The van der Waals surface area contributed by atoms with E-state index < -0.39 is 5.97 Å². The number of hydrogen-bond donors (Lipinski definition) is 0. The van der Waals surface area contributed by atoms with Gasteiger partial charge in [-0.15, -0.1) is 6.58 Å². The Balaban J connectivity index is 4.50. The van der Waals surface area contributed by atoms with E-state index in [4.69, 9.17) is 14.2 Å². The molecular formula is C13H26O3. The van der Waals surface area contributed by atoms with Crippen LogP contribution in [0.4, 0.5) is 0 Å². The summed E-state index contributed by atoms with van der Waals surface area (Å²) in [5, 5.41) is 0. The maximum absolute atomic E-state index is 5.65. The van der Waals surface area contributed by atoms with Crippen molar-refractivity contribution in [1.29, 1.82) is 0 Å². The van der Waals surface area contributed by atoms with Crippen molar-refractivity contribution in [3.05, 3.63) is 12.7 Å². The van der Waals surface area contributed by atoms with Gasteiger partial charge < -0.3 is 14.2 Å². The van der Waals surface area contributed by atoms with Gasteiger partial charge in [-0.1, -0.05) is 13.0 Å². The highest BCUT2D eigenvalue weighted by Crippen LogP contribution is 2.26. The van der Waals surface area contributed by atoms with Gasteiger partial charge in [0.2, 0.25) is 0 Å². The van der Waals surface area contributed by atoms with Crippen LogP contribution < -0.4 is 0 Å². The van der Waals surface area contributed by atoms with Crippen LogP contribution in [-0.2, 0) is 14.2 Å². The average molecular weight is 230 g/mol. The topological polar surface area (TPSA) is 27.7 Å². The Morgan fingerprint density at radius 3 is 1.81 bits per heavy atom. The molecule has 0 heterocycles. The van der Waals surface area contributed by atoms with Crippen molar-refractivity contribution in [1.82, 2.24) is 0 Å². The number of hydrogen-bond acceptors (Lipinski definition) is 3. The van der Waals surface area contributed by atoms with Crippen molar-refractivity contribution in [3.8, 4) is 0 Å². The molecule has 0 spiro atoms. The molecule has 0 amide bonds. The van der Waals surface area contributed by atoms with Crippen LogP contribution in [-0.4, -0.2) is 25.8 Å². The average Bonchev–Trinajstić information content (AvgIpc) is 2.18. The van der Waals surface area contributed by atoms with E-state index in [1.807, 2.05) is 26.8 Å². The van der Waals surface area contributed by atoms with Gasteiger partial charge in [0.05, 0.1) is 0 Å². The molecule has 0 aromatic heterocycles. The van der Waals surface area contributed by atoms with Crippen LogP contribution in [0.5, 0.6) is 0 Å². The summed E-state index contributed by atoms with van der Waals surface area (Å²) in [4.78, 5) is 0. The molecule has 0 aliphatic carbocycles. The van der Waals surface area contributed by atoms with Gasteiger partial charge in [-0.05, 0) is 33.1 Å². The first-order valence-corrected chi connectivity index (χ1v) is 6.16. The summed E-state index contributed by atoms with van der Waals surface area (Å²) >= 11 is 0. The van der Waals surface area contributed by atoms with Gasteiger partial charge >= 0.3 is 0 Å². The maximum Gasteiger partial charge on any atom is 0.283 e. The lowest BCUT2D eigenvalue weighted by Crippen LogP contribution is -2.41. The lowest BCUT2D eigenvalue weighted by molar-refractivity contribution is -0.383. The Bertz CT molecular complexity index is 163. The smallest absolute Gasteiger partial charge is 0.283 e. The molecule has 96 valence electrons. The minimum Gasteiger partial charge on any atom is -0.328 e. The molecule has 0 aliphatic heterocycles. The summed E-state index contributed by atoms with van der Waals surface area (Å²) in [6, 6.07) is 0. The van der Waals surface area contributed by atoms with E-state index in [1.54, 1.807) is 0 Å². The SMILES string of the molecule is C=CCC(C)CC(OCC)(OCC)OCC. The fourth-order valence-electron chi connectivity index (χ4n) is 1.76. The predicted molar refractivity (Wildman–Crippen MR) is 66.2 cm³/mol. The second kappa shape index (κ2) is 8.74. The molecule has 0 saturated carbocycles. The zero-order valence-electron chi connectivity index (χ0n) is 11.1.